The molecule has 27 heavy (non-hydrogen) atoms. The second-order valence-electron chi connectivity index (χ2n) is 8.14. The monoisotopic (exact) mass is 403 g/mol. The normalized spacial score (nSPS) is 10.9. The van der Waals surface area contributed by atoms with Gasteiger partial charge in [-0.15, -0.1) is 11.6 Å². The molecule has 0 aromatic carbocycles. The van der Waals surface area contributed by atoms with Crippen LogP contribution < -0.4 is 0 Å². The van der Waals surface area contributed by atoms with Crippen molar-refractivity contribution >= 4 is 11.6 Å². The molecule has 0 saturated carbocycles. The molecular formula is C25H54ClN. The molecule has 0 aromatic rings. The van der Waals surface area contributed by atoms with Crippen LogP contribution in [0.25, 0.3) is 0 Å². The van der Waals surface area contributed by atoms with Gasteiger partial charge in [0, 0.05) is 6.38 Å². The van der Waals surface area contributed by atoms with Crippen LogP contribution in [0.1, 0.15) is 136 Å². The lowest BCUT2D eigenvalue weighted by Crippen LogP contribution is -2.27. The maximum absolute atomic E-state index is 4.64. The molecule has 0 N–H and O–H groups in total. The van der Waals surface area contributed by atoms with Crippen molar-refractivity contribution in [2.24, 2.45) is 0 Å². The largest absolute Gasteiger partial charge is 0.303 e. The van der Waals surface area contributed by atoms with E-state index in [0.29, 0.717) is 0 Å². The zero-order valence-electron chi connectivity index (χ0n) is 19.7. The highest BCUT2D eigenvalue weighted by Crippen LogP contribution is 2.11. The lowest BCUT2D eigenvalue weighted by Gasteiger charge is -2.22. The fraction of sp³-hybridized carbons (Fsp3) is 1.00. The van der Waals surface area contributed by atoms with Crippen LogP contribution in [0.15, 0.2) is 0 Å². The molecule has 0 radical (unpaired) electrons. The van der Waals surface area contributed by atoms with Crippen LogP contribution in [0.5, 0.6) is 0 Å². The van der Waals surface area contributed by atoms with Gasteiger partial charge < -0.3 is 4.90 Å². The molecule has 0 aliphatic rings. The van der Waals surface area contributed by atoms with Gasteiger partial charge in [-0.05, 0) is 38.9 Å². The minimum atomic E-state index is 1.36. The predicted octanol–water partition coefficient (Wildman–Crippen LogP) is 9.22. The van der Waals surface area contributed by atoms with Crippen molar-refractivity contribution in [3.63, 3.8) is 0 Å². The Kier molecular flexibility index (Phi) is 31.0. The van der Waals surface area contributed by atoms with Gasteiger partial charge in [-0.2, -0.15) is 0 Å². The lowest BCUT2D eigenvalue weighted by atomic mass is 10.1. The third kappa shape index (κ3) is 26.2. The van der Waals surface area contributed by atoms with Gasteiger partial charge in [-0.3, -0.25) is 0 Å². The molecule has 166 valence electrons. The highest BCUT2D eigenvalue weighted by atomic mass is 35.5. The first-order chi connectivity index (χ1) is 13.3. The number of halogens is 1. The topological polar surface area (TPSA) is 3.24 Å². The van der Waals surface area contributed by atoms with Crippen LogP contribution in [0.2, 0.25) is 0 Å². The first-order valence-electron chi connectivity index (χ1n) is 12.4. The number of nitrogens with zero attached hydrogens (tertiary/aromatic N) is 1. The Balaban J connectivity index is 0. The van der Waals surface area contributed by atoms with Crippen molar-refractivity contribution in [3.05, 3.63) is 0 Å². The number of hydrogen-bond acceptors (Lipinski definition) is 1. The van der Waals surface area contributed by atoms with Gasteiger partial charge in [0.1, 0.15) is 0 Å². The molecule has 0 bridgehead atoms. The van der Waals surface area contributed by atoms with Crippen molar-refractivity contribution in [1.29, 1.82) is 0 Å². The van der Waals surface area contributed by atoms with E-state index in [-0.39, 0.29) is 0 Å². The van der Waals surface area contributed by atoms with Crippen molar-refractivity contribution in [1.82, 2.24) is 4.90 Å². The number of unbranched alkanes of at least 4 members (excludes halogenated alkanes) is 15. The molecular weight excluding hydrogens is 350 g/mol. The molecule has 1 nitrogen and oxygen atoms in total. The third-order valence-electron chi connectivity index (χ3n) is 5.48. The minimum absolute atomic E-state index is 1.36. The average Bonchev–Trinajstić information content (AvgIpc) is 2.70. The average molecular weight is 404 g/mol. The number of rotatable bonds is 21. The van der Waals surface area contributed by atoms with Gasteiger partial charge in [0.15, 0.2) is 0 Å². The zero-order chi connectivity index (χ0) is 20.4. The fourth-order valence-corrected chi connectivity index (χ4v) is 3.68. The molecule has 0 heterocycles. The number of hydrogen-bond donors (Lipinski definition) is 0. The molecule has 0 aliphatic heterocycles. The second kappa shape index (κ2) is 28.5. The standard InChI is InChI=1S/C24H51N.CH3Cl/c1-4-7-10-13-16-19-22-25(23-20-17-14-11-8-5-2)24-21-18-15-12-9-6-3;1-2/h4-24H2,1-3H3;1H3. The molecule has 0 atom stereocenters. The van der Waals surface area contributed by atoms with E-state index in [0.717, 1.165) is 0 Å². The Morgan fingerprint density at radius 2 is 0.593 bits per heavy atom. The lowest BCUT2D eigenvalue weighted by molar-refractivity contribution is 0.254. The van der Waals surface area contributed by atoms with Gasteiger partial charge >= 0.3 is 0 Å². The molecule has 0 spiro atoms. The molecule has 0 fully saturated rings. The van der Waals surface area contributed by atoms with Crippen molar-refractivity contribution in [3.8, 4) is 0 Å². The van der Waals surface area contributed by atoms with E-state index in [2.05, 4.69) is 37.3 Å². The van der Waals surface area contributed by atoms with Gasteiger partial charge in [0.2, 0.25) is 0 Å². The van der Waals surface area contributed by atoms with Gasteiger partial charge in [-0.1, -0.05) is 117 Å². The van der Waals surface area contributed by atoms with Crippen molar-refractivity contribution < 1.29 is 0 Å². The summed E-state index contributed by atoms with van der Waals surface area (Å²) in [4.78, 5) is 2.79. The van der Waals surface area contributed by atoms with Gasteiger partial charge in [-0.25, -0.2) is 0 Å². The second-order valence-corrected chi connectivity index (χ2v) is 8.14. The Hall–Kier alpha value is 0.250. The summed E-state index contributed by atoms with van der Waals surface area (Å²) in [5.74, 6) is 0. The van der Waals surface area contributed by atoms with Crippen LogP contribution >= 0.6 is 11.6 Å². The Bertz CT molecular complexity index is 194. The smallest absolute Gasteiger partial charge is 0.0108 e. The summed E-state index contributed by atoms with van der Waals surface area (Å²) in [6.07, 6.45) is 27.2. The van der Waals surface area contributed by atoms with E-state index in [4.69, 9.17) is 0 Å². The van der Waals surface area contributed by atoms with Gasteiger partial charge in [0.25, 0.3) is 0 Å². The summed E-state index contributed by atoms with van der Waals surface area (Å²) in [7, 11) is 0. The quantitative estimate of drug-likeness (QED) is 0.136. The van der Waals surface area contributed by atoms with Crippen LogP contribution in [0.3, 0.4) is 0 Å². The fourth-order valence-electron chi connectivity index (χ4n) is 3.68. The molecule has 0 aliphatic carbocycles. The van der Waals surface area contributed by atoms with E-state index in [1.54, 1.807) is 0 Å². The first kappa shape index (κ1) is 29.5. The summed E-state index contributed by atoms with van der Waals surface area (Å²) in [6.45, 7) is 11.0. The molecule has 0 rings (SSSR count). The van der Waals surface area contributed by atoms with Crippen LogP contribution in [0.4, 0.5) is 0 Å². The summed E-state index contributed by atoms with van der Waals surface area (Å²) in [6, 6.07) is 0. The minimum Gasteiger partial charge on any atom is -0.303 e. The van der Waals surface area contributed by atoms with Crippen LogP contribution in [0, 0.1) is 0 Å². The van der Waals surface area contributed by atoms with E-state index in [9.17, 15) is 0 Å². The number of alkyl halides is 1. The van der Waals surface area contributed by atoms with E-state index < -0.39 is 0 Å². The molecule has 0 aromatic heterocycles. The molecule has 0 saturated heterocycles. The SMILES string of the molecule is CCCCCCCCN(CCCCCCCC)CCCCCCCC.CCl. The molecule has 0 amide bonds. The Morgan fingerprint density at radius 3 is 0.852 bits per heavy atom. The molecule has 2 heteroatoms. The van der Waals surface area contributed by atoms with Crippen molar-refractivity contribution in [2.75, 3.05) is 26.0 Å². The summed E-state index contributed by atoms with van der Waals surface area (Å²) in [5, 5.41) is 0. The highest BCUT2D eigenvalue weighted by Gasteiger charge is 2.05. The third-order valence-corrected chi connectivity index (χ3v) is 5.48. The summed E-state index contributed by atoms with van der Waals surface area (Å²) >= 11 is 4.64. The van der Waals surface area contributed by atoms with E-state index in [1.807, 2.05) is 0 Å². The van der Waals surface area contributed by atoms with E-state index >= 15 is 0 Å². The predicted molar refractivity (Wildman–Crippen MR) is 128 cm³/mol. The van der Waals surface area contributed by atoms with Crippen molar-refractivity contribution in [2.45, 2.75) is 136 Å². The Labute approximate surface area is 179 Å². The molecule has 0 unspecified atom stereocenters. The maximum atomic E-state index is 4.64. The van der Waals surface area contributed by atoms with Crippen LogP contribution in [-0.2, 0) is 0 Å². The van der Waals surface area contributed by atoms with Crippen LogP contribution in [-0.4, -0.2) is 30.9 Å². The Morgan fingerprint density at radius 1 is 0.370 bits per heavy atom. The summed E-state index contributed by atoms with van der Waals surface area (Å²) < 4.78 is 0. The first-order valence-corrected chi connectivity index (χ1v) is 13.2. The summed E-state index contributed by atoms with van der Waals surface area (Å²) in [5.41, 5.74) is 0. The maximum Gasteiger partial charge on any atom is 0.0108 e. The van der Waals surface area contributed by atoms with Gasteiger partial charge in [0.05, 0.1) is 0 Å². The highest BCUT2D eigenvalue weighted by molar-refractivity contribution is 6.15. The zero-order valence-corrected chi connectivity index (χ0v) is 20.4. The van der Waals surface area contributed by atoms with E-state index in [1.165, 1.54) is 142 Å².